The normalized spacial score (nSPS) is 16.1. The molecular weight excluding hydrogens is 238 g/mol. The molecular formula is C14H27N5. The molecule has 2 heterocycles. The number of anilines is 2. The summed E-state index contributed by atoms with van der Waals surface area (Å²) in [6.07, 6.45) is 4.96. The highest BCUT2D eigenvalue weighted by molar-refractivity contribution is 5.64. The number of likely N-dealkylation sites (tertiary alicyclic amines) is 1. The highest BCUT2D eigenvalue weighted by Crippen LogP contribution is 2.22. The molecule has 19 heavy (non-hydrogen) atoms. The predicted octanol–water partition coefficient (Wildman–Crippen LogP) is 2.08. The van der Waals surface area contributed by atoms with Crippen LogP contribution in [0.15, 0.2) is 0 Å². The molecule has 2 rings (SSSR count). The van der Waals surface area contributed by atoms with E-state index >= 15 is 0 Å². The van der Waals surface area contributed by atoms with Crippen LogP contribution in [0.2, 0.25) is 0 Å². The maximum atomic E-state index is 6.08. The summed E-state index contributed by atoms with van der Waals surface area (Å²) in [7, 11) is 0. The fourth-order valence-electron chi connectivity index (χ4n) is 2.67. The van der Waals surface area contributed by atoms with Gasteiger partial charge in [0.2, 0.25) is 0 Å². The van der Waals surface area contributed by atoms with Crippen LogP contribution in [-0.2, 0) is 6.54 Å². The first-order valence-electron chi connectivity index (χ1n) is 7.51. The number of aromatic nitrogens is 2. The Bertz CT molecular complexity index is 393. The Morgan fingerprint density at radius 3 is 2.68 bits per heavy atom. The van der Waals surface area contributed by atoms with Crippen molar-refractivity contribution in [2.75, 3.05) is 37.2 Å². The van der Waals surface area contributed by atoms with E-state index in [0.717, 1.165) is 43.1 Å². The van der Waals surface area contributed by atoms with Gasteiger partial charge in [0.05, 0.1) is 11.4 Å². The molecule has 0 saturated carbocycles. The minimum atomic E-state index is 0.801. The molecule has 0 bridgehead atoms. The van der Waals surface area contributed by atoms with Crippen molar-refractivity contribution in [2.24, 2.45) is 0 Å². The summed E-state index contributed by atoms with van der Waals surface area (Å²) in [5.41, 5.74) is 7.81. The summed E-state index contributed by atoms with van der Waals surface area (Å²) >= 11 is 0. The Labute approximate surface area is 116 Å². The molecule has 0 spiro atoms. The zero-order chi connectivity index (χ0) is 13.7. The van der Waals surface area contributed by atoms with Crippen molar-refractivity contribution in [3.05, 3.63) is 5.69 Å². The van der Waals surface area contributed by atoms with Crippen LogP contribution in [-0.4, -0.2) is 40.9 Å². The molecule has 0 atom stereocenters. The number of nitrogens with one attached hydrogen (secondary N) is 1. The highest BCUT2D eigenvalue weighted by Gasteiger charge is 2.13. The van der Waals surface area contributed by atoms with Gasteiger partial charge in [0.15, 0.2) is 0 Å². The largest absolute Gasteiger partial charge is 0.394 e. The van der Waals surface area contributed by atoms with Crippen LogP contribution in [0, 0.1) is 6.92 Å². The van der Waals surface area contributed by atoms with Crippen LogP contribution < -0.4 is 11.1 Å². The molecule has 0 amide bonds. The molecule has 3 N–H and O–H groups in total. The Hall–Kier alpha value is -1.23. The molecule has 108 valence electrons. The van der Waals surface area contributed by atoms with E-state index in [4.69, 9.17) is 5.73 Å². The highest BCUT2D eigenvalue weighted by atomic mass is 15.3. The van der Waals surface area contributed by atoms with Crippen molar-refractivity contribution in [1.82, 2.24) is 14.7 Å². The molecule has 0 unspecified atom stereocenters. The molecule has 0 aliphatic carbocycles. The van der Waals surface area contributed by atoms with E-state index in [2.05, 4.69) is 22.2 Å². The Morgan fingerprint density at radius 2 is 2.00 bits per heavy atom. The number of aryl methyl sites for hydroxylation is 2. The van der Waals surface area contributed by atoms with Crippen LogP contribution in [0.5, 0.6) is 0 Å². The molecule has 1 aromatic heterocycles. The average molecular weight is 265 g/mol. The first kappa shape index (κ1) is 14.2. The van der Waals surface area contributed by atoms with Crippen LogP contribution in [0.25, 0.3) is 0 Å². The van der Waals surface area contributed by atoms with Gasteiger partial charge in [-0.1, -0.05) is 6.92 Å². The lowest BCUT2D eigenvalue weighted by molar-refractivity contribution is 0.337. The van der Waals surface area contributed by atoms with Gasteiger partial charge in [-0.25, -0.2) is 4.68 Å². The molecule has 0 aromatic carbocycles. The number of nitrogens with zero attached hydrogens (tertiary/aromatic N) is 3. The van der Waals surface area contributed by atoms with E-state index in [9.17, 15) is 0 Å². The third-order valence-corrected chi connectivity index (χ3v) is 3.75. The van der Waals surface area contributed by atoms with Crippen LogP contribution in [0.4, 0.5) is 11.5 Å². The van der Waals surface area contributed by atoms with E-state index in [1.165, 1.54) is 32.5 Å². The smallest absolute Gasteiger partial charge is 0.148 e. The van der Waals surface area contributed by atoms with E-state index in [-0.39, 0.29) is 0 Å². The van der Waals surface area contributed by atoms with Crippen LogP contribution >= 0.6 is 0 Å². The second kappa shape index (κ2) is 6.80. The minimum absolute atomic E-state index is 0.801. The van der Waals surface area contributed by atoms with Gasteiger partial charge in [0.25, 0.3) is 0 Å². The van der Waals surface area contributed by atoms with Crippen molar-refractivity contribution >= 4 is 11.5 Å². The maximum Gasteiger partial charge on any atom is 0.148 e. The van der Waals surface area contributed by atoms with E-state index < -0.39 is 0 Å². The van der Waals surface area contributed by atoms with Crippen molar-refractivity contribution in [3.8, 4) is 0 Å². The summed E-state index contributed by atoms with van der Waals surface area (Å²) < 4.78 is 2.00. The summed E-state index contributed by atoms with van der Waals surface area (Å²) in [6, 6.07) is 0. The maximum absolute atomic E-state index is 6.08. The van der Waals surface area contributed by atoms with Gasteiger partial charge < -0.3 is 16.0 Å². The summed E-state index contributed by atoms with van der Waals surface area (Å²) in [4.78, 5) is 2.54. The number of hydrogen-bond acceptors (Lipinski definition) is 4. The van der Waals surface area contributed by atoms with Crippen molar-refractivity contribution in [3.63, 3.8) is 0 Å². The van der Waals surface area contributed by atoms with Gasteiger partial charge in [-0.15, -0.1) is 0 Å². The molecule has 1 fully saturated rings. The monoisotopic (exact) mass is 265 g/mol. The lowest BCUT2D eigenvalue weighted by atomic mass is 10.3. The van der Waals surface area contributed by atoms with E-state index in [0.29, 0.717) is 0 Å². The molecule has 1 aliphatic heterocycles. The van der Waals surface area contributed by atoms with Crippen LogP contribution in [0.1, 0.15) is 38.3 Å². The van der Waals surface area contributed by atoms with Gasteiger partial charge in [0.1, 0.15) is 5.82 Å². The lowest BCUT2D eigenvalue weighted by Gasteiger charge is -2.15. The second-order valence-electron chi connectivity index (χ2n) is 5.40. The molecule has 1 aliphatic rings. The number of rotatable bonds is 7. The van der Waals surface area contributed by atoms with Crippen LogP contribution in [0.3, 0.4) is 0 Å². The fourth-order valence-corrected chi connectivity index (χ4v) is 2.67. The van der Waals surface area contributed by atoms with Gasteiger partial charge in [-0.2, -0.15) is 5.10 Å². The number of nitrogen functional groups attached to an aromatic ring is 1. The Balaban J connectivity index is 1.80. The summed E-state index contributed by atoms with van der Waals surface area (Å²) in [5.74, 6) is 1.00. The first-order chi connectivity index (χ1) is 9.22. The van der Waals surface area contributed by atoms with Crippen molar-refractivity contribution < 1.29 is 0 Å². The average Bonchev–Trinajstić information content (AvgIpc) is 2.98. The van der Waals surface area contributed by atoms with Gasteiger partial charge in [-0.05, 0) is 52.2 Å². The number of nitrogens with two attached hydrogens (primary N) is 1. The van der Waals surface area contributed by atoms with E-state index in [1.54, 1.807) is 0 Å². The second-order valence-corrected chi connectivity index (χ2v) is 5.40. The van der Waals surface area contributed by atoms with E-state index in [1.807, 2.05) is 11.6 Å². The molecule has 0 radical (unpaired) electrons. The van der Waals surface area contributed by atoms with Gasteiger partial charge in [-0.3, -0.25) is 0 Å². The van der Waals surface area contributed by atoms with Gasteiger partial charge >= 0.3 is 0 Å². The summed E-state index contributed by atoms with van der Waals surface area (Å²) in [6.45, 7) is 9.75. The molecule has 5 heteroatoms. The minimum Gasteiger partial charge on any atom is -0.394 e. The topological polar surface area (TPSA) is 59.1 Å². The third kappa shape index (κ3) is 3.62. The SMILES string of the molecule is CCCn1nc(C)c(N)c1NCCCN1CCCC1. The zero-order valence-electron chi connectivity index (χ0n) is 12.3. The quantitative estimate of drug-likeness (QED) is 0.741. The van der Waals surface area contributed by atoms with Crippen molar-refractivity contribution in [2.45, 2.75) is 46.1 Å². The zero-order valence-corrected chi connectivity index (χ0v) is 12.3. The lowest BCUT2D eigenvalue weighted by Crippen LogP contribution is -2.22. The summed E-state index contributed by atoms with van der Waals surface area (Å²) in [5, 5.41) is 7.93. The predicted molar refractivity (Wildman–Crippen MR) is 80.4 cm³/mol. The first-order valence-corrected chi connectivity index (χ1v) is 7.51. The molecule has 5 nitrogen and oxygen atoms in total. The Morgan fingerprint density at radius 1 is 1.26 bits per heavy atom. The Kier molecular flexibility index (Phi) is 5.07. The number of hydrogen-bond donors (Lipinski definition) is 2. The third-order valence-electron chi connectivity index (χ3n) is 3.75. The fraction of sp³-hybridized carbons (Fsp3) is 0.786. The standard InChI is InChI=1S/C14H27N5/c1-3-8-19-14(13(15)12(2)17-19)16-7-6-11-18-9-4-5-10-18/h16H,3-11,15H2,1-2H3. The molecule has 1 aromatic rings. The molecule has 1 saturated heterocycles. The van der Waals surface area contributed by atoms with Crippen molar-refractivity contribution in [1.29, 1.82) is 0 Å². The van der Waals surface area contributed by atoms with Gasteiger partial charge in [0, 0.05) is 13.1 Å².